The van der Waals surface area contributed by atoms with E-state index in [9.17, 15) is 0 Å². The van der Waals surface area contributed by atoms with E-state index in [0.717, 1.165) is 19.4 Å². The maximum Gasteiger partial charge on any atom is 0.286 e. The lowest BCUT2D eigenvalue weighted by atomic mass is 10.2. The molecule has 0 aliphatic heterocycles. The second-order valence-electron chi connectivity index (χ2n) is 2.46. The minimum Gasteiger partial charge on any atom is -0.428 e. The molecule has 1 N–H and O–H groups in total. The third-order valence-corrected chi connectivity index (χ3v) is 1.49. The van der Waals surface area contributed by atoms with Gasteiger partial charge in [-0.3, -0.25) is 0 Å². The maximum atomic E-state index is 8.02. The highest BCUT2D eigenvalue weighted by molar-refractivity contribution is 4.49. The van der Waals surface area contributed by atoms with E-state index in [0.29, 0.717) is 6.61 Å². The minimum atomic E-state index is 0.579. The Kier molecular flexibility index (Phi) is 8.62. The van der Waals surface area contributed by atoms with Gasteiger partial charge in [-0.25, -0.2) is 0 Å². The molecule has 0 saturated carbocycles. The van der Waals surface area contributed by atoms with Crippen LogP contribution in [0.4, 0.5) is 0 Å². The monoisotopic (exact) mass is 156 g/mol. The molecule has 0 saturated heterocycles. The van der Waals surface area contributed by atoms with Gasteiger partial charge in [-0.2, -0.15) is 5.26 Å². The van der Waals surface area contributed by atoms with Crippen LogP contribution in [0.1, 0.15) is 25.7 Å². The van der Waals surface area contributed by atoms with Crippen molar-refractivity contribution in [3.63, 3.8) is 0 Å². The summed E-state index contributed by atoms with van der Waals surface area (Å²) >= 11 is 0. The Morgan fingerprint density at radius 1 is 1.27 bits per heavy atom. The van der Waals surface area contributed by atoms with Crippen LogP contribution in [0.25, 0.3) is 0 Å². The summed E-state index contributed by atoms with van der Waals surface area (Å²) < 4.78 is 4.53. The van der Waals surface area contributed by atoms with Gasteiger partial charge in [0.05, 0.1) is 0 Å². The smallest absolute Gasteiger partial charge is 0.286 e. The normalized spacial score (nSPS) is 9.09. The zero-order valence-corrected chi connectivity index (χ0v) is 7.10. The Morgan fingerprint density at radius 2 is 2.00 bits per heavy atom. The van der Waals surface area contributed by atoms with Crippen LogP contribution in [0.15, 0.2) is 0 Å². The molecule has 0 bridgehead atoms. The third-order valence-electron chi connectivity index (χ3n) is 1.49. The molecule has 0 aromatic heterocycles. The number of nitriles is 1. The molecule has 0 aromatic carbocycles. The van der Waals surface area contributed by atoms with Crippen LogP contribution >= 0.6 is 0 Å². The van der Waals surface area contributed by atoms with Gasteiger partial charge in [0.1, 0.15) is 6.61 Å². The molecule has 0 radical (unpaired) electrons. The molecule has 0 atom stereocenters. The second kappa shape index (κ2) is 9.25. The number of unbranched alkanes of at least 4 members (excludes halogenated alkanes) is 3. The molecule has 11 heavy (non-hydrogen) atoms. The number of rotatable bonds is 7. The number of nitrogens with one attached hydrogen (secondary N) is 1. The number of hydrogen-bond donors (Lipinski definition) is 1. The average Bonchev–Trinajstić information content (AvgIpc) is 2.03. The lowest BCUT2D eigenvalue weighted by Crippen LogP contribution is -2.07. The van der Waals surface area contributed by atoms with Crippen molar-refractivity contribution in [1.82, 2.24) is 5.32 Å². The molecule has 0 rings (SSSR count). The van der Waals surface area contributed by atoms with Gasteiger partial charge in [0, 0.05) is 0 Å². The first-order valence-electron chi connectivity index (χ1n) is 4.07. The molecular weight excluding hydrogens is 140 g/mol. The standard InChI is InChI=1S/C8H16N2O/c1-10-6-4-2-3-5-7-11-8-9/h10H,2-7H2,1H3. The van der Waals surface area contributed by atoms with E-state index in [1.54, 1.807) is 6.26 Å². The van der Waals surface area contributed by atoms with Crippen LogP contribution in [0.3, 0.4) is 0 Å². The minimum absolute atomic E-state index is 0.579. The fraction of sp³-hybridized carbons (Fsp3) is 0.875. The van der Waals surface area contributed by atoms with Gasteiger partial charge in [0.2, 0.25) is 0 Å². The summed E-state index contributed by atoms with van der Waals surface area (Å²) in [6, 6.07) is 0. The van der Waals surface area contributed by atoms with Crippen LogP contribution in [0, 0.1) is 11.5 Å². The molecule has 3 nitrogen and oxygen atoms in total. The van der Waals surface area contributed by atoms with Crippen molar-refractivity contribution in [3.05, 3.63) is 0 Å². The van der Waals surface area contributed by atoms with Gasteiger partial charge in [0.25, 0.3) is 6.26 Å². The second-order valence-corrected chi connectivity index (χ2v) is 2.46. The lowest BCUT2D eigenvalue weighted by molar-refractivity contribution is 0.260. The molecule has 0 aliphatic rings. The van der Waals surface area contributed by atoms with Crippen molar-refractivity contribution in [1.29, 1.82) is 5.26 Å². The molecular formula is C8H16N2O. The van der Waals surface area contributed by atoms with Crippen LogP contribution in [-0.4, -0.2) is 20.2 Å². The summed E-state index contributed by atoms with van der Waals surface area (Å²) in [5, 5.41) is 11.1. The van der Waals surface area contributed by atoms with E-state index in [4.69, 9.17) is 5.26 Å². The first kappa shape index (κ1) is 10.2. The van der Waals surface area contributed by atoms with E-state index in [1.165, 1.54) is 12.8 Å². The number of nitrogens with zero attached hydrogens (tertiary/aromatic N) is 1. The van der Waals surface area contributed by atoms with Crippen molar-refractivity contribution in [2.45, 2.75) is 25.7 Å². The highest BCUT2D eigenvalue weighted by Crippen LogP contribution is 1.98. The van der Waals surface area contributed by atoms with Gasteiger partial charge in [0.15, 0.2) is 0 Å². The van der Waals surface area contributed by atoms with Gasteiger partial charge >= 0.3 is 0 Å². The first-order chi connectivity index (χ1) is 5.41. The van der Waals surface area contributed by atoms with Crippen molar-refractivity contribution >= 4 is 0 Å². The van der Waals surface area contributed by atoms with Crippen molar-refractivity contribution in [3.8, 4) is 6.26 Å². The predicted molar refractivity (Wildman–Crippen MR) is 44.0 cm³/mol. The van der Waals surface area contributed by atoms with E-state index in [1.807, 2.05) is 7.05 Å². The van der Waals surface area contributed by atoms with Crippen molar-refractivity contribution in [2.75, 3.05) is 20.2 Å². The summed E-state index contributed by atoms with van der Waals surface area (Å²) in [4.78, 5) is 0. The molecule has 0 fully saturated rings. The van der Waals surface area contributed by atoms with E-state index < -0.39 is 0 Å². The molecule has 0 heterocycles. The van der Waals surface area contributed by atoms with E-state index in [-0.39, 0.29) is 0 Å². The quantitative estimate of drug-likeness (QED) is 0.446. The van der Waals surface area contributed by atoms with Crippen molar-refractivity contribution < 1.29 is 4.74 Å². The first-order valence-corrected chi connectivity index (χ1v) is 4.07. The number of hydrogen-bond acceptors (Lipinski definition) is 3. The topological polar surface area (TPSA) is 45.0 Å². The van der Waals surface area contributed by atoms with Crippen LogP contribution in [0.5, 0.6) is 0 Å². The highest BCUT2D eigenvalue weighted by atomic mass is 16.5. The molecule has 64 valence electrons. The Hall–Kier alpha value is -0.750. The van der Waals surface area contributed by atoms with Gasteiger partial charge in [-0.15, -0.1) is 0 Å². The molecule has 3 heteroatoms. The largest absolute Gasteiger partial charge is 0.428 e. The van der Waals surface area contributed by atoms with Crippen LogP contribution in [-0.2, 0) is 4.74 Å². The molecule has 0 spiro atoms. The highest BCUT2D eigenvalue weighted by Gasteiger charge is 1.88. The fourth-order valence-corrected chi connectivity index (χ4v) is 0.875. The summed E-state index contributed by atoms with van der Waals surface area (Å²) in [6.07, 6.45) is 6.24. The zero-order valence-electron chi connectivity index (χ0n) is 7.10. The number of ether oxygens (including phenoxy) is 1. The van der Waals surface area contributed by atoms with Gasteiger partial charge in [-0.1, -0.05) is 6.42 Å². The fourth-order valence-electron chi connectivity index (χ4n) is 0.875. The predicted octanol–water partition coefficient (Wildman–Crippen LogP) is 1.26. The third kappa shape index (κ3) is 9.25. The summed E-state index contributed by atoms with van der Waals surface area (Å²) in [5.41, 5.74) is 0. The van der Waals surface area contributed by atoms with Crippen LogP contribution < -0.4 is 5.32 Å². The SMILES string of the molecule is CNCCCCCCOC#N. The van der Waals surface area contributed by atoms with Gasteiger partial charge in [-0.05, 0) is 32.9 Å². The van der Waals surface area contributed by atoms with Crippen molar-refractivity contribution in [2.24, 2.45) is 0 Å². The lowest BCUT2D eigenvalue weighted by Gasteiger charge is -1.98. The van der Waals surface area contributed by atoms with E-state index >= 15 is 0 Å². The Balaban J connectivity index is 2.75. The average molecular weight is 156 g/mol. The van der Waals surface area contributed by atoms with Crippen LogP contribution in [0.2, 0.25) is 0 Å². The zero-order chi connectivity index (χ0) is 8.36. The Labute approximate surface area is 68.3 Å². The van der Waals surface area contributed by atoms with E-state index in [2.05, 4.69) is 10.1 Å². The molecule has 0 amide bonds. The molecule has 0 aliphatic carbocycles. The maximum absolute atomic E-state index is 8.02. The summed E-state index contributed by atoms with van der Waals surface area (Å²) in [5.74, 6) is 0. The van der Waals surface area contributed by atoms with Gasteiger partial charge < -0.3 is 10.1 Å². The molecule has 0 aromatic rings. The Bertz CT molecular complexity index is 109. The Morgan fingerprint density at radius 3 is 2.64 bits per heavy atom. The molecule has 0 unspecified atom stereocenters. The summed E-state index contributed by atoms with van der Waals surface area (Å²) in [7, 11) is 1.96. The summed E-state index contributed by atoms with van der Waals surface area (Å²) in [6.45, 7) is 1.66.